The van der Waals surface area contributed by atoms with Crippen molar-refractivity contribution in [3.05, 3.63) is 71.5 Å². The third kappa shape index (κ3) is 3.57. The van der Waals surface area contributed by atoms with E-state index in [9.17, 15) is 4.79 Å². The molecule has 3 aromatic rings. The SMILES string of the molecule is COC(=O)c1cccn1CCCN1c2ccccc2Sc2ccc(Cl)cc21. The van der Waals surface area contributed by atoms with Gasteiger partial charge in [-0.1, -0.05) is 35.5 Å². The van der Waals surface area contributed by atoms with Gasteiger partial charge in [-0.15, -0.1) is 0 Å². The van der Waals surface area contributed by atoms with E-state index in [4.69, 9.17) is 16.3 Å². The van der Waals surface area contributed by atoms with Gasteiger partial charge in [0.1, 0.15) is 5.69 Å². The molecule has 2 heterocycles. The van der Waals surface area contributed by atoms with Crippen molar-refractivity contribution in [1.29, 1.82) is 0 Å². The van der Waals surface area contributed by atoms with Crippen LogP contribution >= 0.6 is 23.4 Å². The van der Waals surface area contributed by atoms with Crippen LogP contribution in [0.5, 0.6) is 0 Å². The number of hydrogen-bond donors (Lipinski definition) is 0. The molecule has 0 atom stereocenters. The number of carbonyl (C=O) groups excluding carboxylic acids is 1. The molecule has 0 spiro atoms. The number of ether oxygens (including phenoxy) is 1. The summed E-state index contributed by atoms with van der Waals surface area (Å²) in [5, 5.41) is 0.733. The lowest BCUT2D eigenvalue weighted by Gasteiger charge is -2.33. The fourth-order valence-electron chi connectivity index (χ4n) is 3.34. The van der Waals surface area contributed by atoms with Crippen LogP contribution in [0, 0.1) is 0 Å². The zero-order valence-corrected chi connectivity index (χ0v) is 16.5. The third-order valence-corrected chi connectivity index (χ3v) is 5.96. The summed E-state index contributed by atoms with van der Waals surface area (Å²) >= 11 is 8.03. The number of aryl methyl sites for hydroxylation is 1. The van der Waals surface area contributed by atoms with Crippen LogP contribution in [-0.4, -0.2) is 24.2 Å². The number of fused-ring (bicyclic) bond motifs is 2. The number of methoxy groups -OCH3 is 1. The lowest BCUT2D eigenvalue weighted by Crippen LogP contribution is -2.23. The maximum Gasteiger partial charge on any atom is 0.354 e. The summed E-state index contributed by atoms with van der Waals surface area (Å²) in [4.78, 5) is 16.6. The van der Waals surface area contributed by atoms with Crippen LogP contribution in [-0.2, 0) is 11.3 Å². The van der Waals surface area contributed by atoms with E-state index in [1.165, 1.54) is 22.6 Å². The van der Waals surface area contributed by atoms with Gasteiger partial charge in [-0.3, -0.25) is 0 Å². The smallest absolute Gasteiger partial charge is 0.354 e. The van der Waals surface area contributed by atoms with E-state index in [2.05, 4.69) is 35.2 Å². The monoisotopic (exact) mass is 398 g/mol. The van der Waals surface area contributed by atoms with Crippen LogP contribution in [0.1, 0.15) is 16.9 Å². The predicted octanol–water partition coefficient (Wildman–Crippen LogP) is 5.62. The van der Waals surface area contributed by atoms with Crippen LogP contribution in [0.2, 0.25) is 5.02 Å². The molecular formula is C21H19ClN2O2S. The molecule has 0 N–H and O–H groups in total. The molecule has 138 valence electrons. The van der Waals surface area contributed by atoms with Crippen LogP contribution < -0.4 is 4.90 Å². The summed E-state index contributed by atoms with van der Waals surface area (Å²) in [5.74, 6) is -0.308. The lowest BCUT2D eigenvalue weighted by atomic mass is 10.2. The number of esters is 1. The van der Waals surface area contributed by atoms with Crippen LogP contribution in [0.25, 0.3) is 0 Å². The molecule has 0 aliphatic carbocycles. The number of halogens is 1. The highest BCUT2D eigenvalue weighted by Gasteiger charge is 2.23. The van der Waals surface area contributed by atoms with Gasteiger partial charge in [-0.2, -0.15) is 0 Å². The first-order valence-corrected chi connectivity index (χ1v) is 9.94. The Morgan fingerprint density at radius 1 is 1.04 bits per heavy atom. The standard InChI is InChI=1S/C21H19ClN2O2S/c1-26-21(25)17-7-4-11-23(17)12-5-13-24-16-6-2-3-8-19(16)27-20-10-9-15(22)14-18(20)24/h2-4,6-11,14H,5,12-13H2,1H3. The second kappa shape index (κ2) is 7.71. The molecule has 27 heavy (non-hydrogen) atoms. The van der Waals surface area contributed by atoms with Crippen molar-refractivity contribution in [2.24, 2.45) is 0 Å². The van der Waals surface area contributed by atoms with Gasteiger partial charge in [-0.25, -0.2) is 4.79 Å². The highest BCUT2D eigenvalue weighted by molar-refractivity contribution is 7.99. The van der Waals surface area contributed by atoms with Crippen LogP contribution in [0.15, 0.2) is 70.6 Å². The van der Waals surface area contributed by atoms with Crippen molar-refractivity contribution in [1.82, 2.24) is 4.57 Å². The van der Waals surface area contributed by atoms with Crippen LogP contribution in [0.4, 0.5) is 11.4 Å². The molecule has 0 saturated heterocycles. The third-order valence-electron chi connectivity index (χ3n) is 4.59. The lowest BCUT2D eigenvalue weighted by molar-refractivity contribution is 0.0588. The first-order valence-electron chi connectivity index (χ1n) is 8.75. The van der Waals surface area contributed by atoms with Crippen molar-refractivity contribution < 1.29 is 9.53 Å². The Balaban J connectivity index is 1.57. The maximum atomic E-state index is 11.9. The summed E-state index contributed by atoms with van der Waals surface area (Å²) in [5.41, 5.74) is 2.90. The van der Waals surface area contributed by atoms with E-state index in [1.54, 1.807) is 17.8 Å². The first-order chi connectivity index (χ1) is 13.2. The Morgan fingerprint density at radius 3 is 2.70 bits per heavy atom. The Kier molecular flexibility index (Phi) is 5.14. The second-order valence-electron chi connectivity index (χ2n) is 6.27. The molecule has 6 heteroatoms. The fourth-order valence-corrected chi connectivity index (χ4v) is 4.58. The first kappa shape index (κ1) is 18.0. The number of hydrogen-bond acceptors (Lipinski definition) is 4. The molecule has 0 unspecified atom stereocenters. The van der Waals surface area contributed by atoms with Gasteiger partial charge in [0.15, 0.2) is 0 Å². The number of benzene rings is 2. The second-order valence-corrected chi connectivity index (χ2v) is 7.79. The van der Waals surface area contributed by atoms with Gasteiger partial charge in [0.05, 0.1) is 18.5 Å². The normalized spacial score (nSPS) is 12.4. The van der Waals surface area contributed by atoms with E-state index in [-0.39, 0.29) is 5.97 Å². The largest absolute Gasteiger partial charge is 0.464 e. The number of rotatable bonds is 5. The molecule has 0 amide bonds. The summed E-state index contributed by atoms with van der Waals surface area (Å²) in [6, 6.07) is 18.1. The number of para-hydroxylation sites is 1. The van der Waals surface area contributed by atoms with Crippen molar-refractivity contribution in [3.8, 4) is 0 Å². The topological polar surface area (TPSA) is 34.5 Å². The zero-order chi connectivity index (χ0) is 18.8. The van der Waals surface area contributed by atoms with E-state index in [0.717, 1.165) is 30.2 Å². The Labute approximate surface area is 167 Å². The van der Waals surface area contributed by atoms with Crippen LogP contribution in [0.3, 0.4) is 0 Å². The van der Waals surface area contributed by atoms with Gasteiger partial charge in [0.2, 0.25) is 0 Å². The number of carbonyl (C=O) groups is 1. The van der Waals surface area contributed by atoms with Gasteiger partial charge in [0.25, 0.3) is 0 Å². The number of anilines is 2. The van der Waals surface area contributed by atoms with Crippen molar-refractivity contribution in [3.63, 3.8) is 0 Å². The Hall–Kier alpha value is -2.37. The molecule has 0 radical (unpaired) electrons. The minimum atomic E-state index is -0.308. The molecule has 4 rings (SSSR count). The quantitative estimate of drug-likeness (QED) is 0.522. The van der Waals surface area contributed by atoms with Crippen molar-refractivity contribution in [2.75, 3.05) is 18.6 Å². The summed E-state index contributed by atoms with van der Waals surface area (Å²) in [7, 11) is 1.41. The minimum Gasteiger partial charge on any atom is -0.464 e. The van der Waals surface area contributed by atoms with Crippen molar-refractivity contribution in [2.45, 2.75) is 22.8 Å². The van der Waals surface area contributed by atoms with E-state index in [1.807, 2.05) is 29.0 Å². The highest BCUT2D eigenvalue weighted by Crippen LogP contribution is 2.48. The molecule has 1 aromatic heterocycles. The fraction of sp³-hybridized carbons (Fsp3) is 0.190. The molecule has 1 aliphatic rings. The molecule has 1 aliphatic heterocycles. The van der Waals surface area contributed by atoms with Gasteiger partial charge < -0.3 is 14.2 Å². The molecular weight excluding hydrogens is 380 g/mol. The Bertz CT molecular complexity index is 986. The maximum absolute atomic E-state index is 11.9. The number of nitrogens with zero attached hydrogens (tertiary/aromatic N) is 2. The molecule has 2 aromatic carbocycles. The summed E-state index contributed by atoms with van der Waals surface area (Å²) in [6.45, 7) is 1.56. The van der Waals surface area contributed by atoms with Gasteiger partial charge in [-0.05, 0) is 48.9 Å². The summed E-state index contributed by atoms with van der Waals surface area (Å²) < 4.78 is 6.79. The molecule has 0 saturated carbocycles. The number of aromatic nitrogens is 1. The van der Waals surface area contributed by atoms with E-state index >= 15 is 0 Å². The van der Waals surface area contributed by atoms with E-state index in [0.29, 0.717) is 5.69 Å². The molecule has 0 fully saturated rings. The van der Waals surface area contributed by atoms with Crippen molar-refractivity contribution >= 4 is 40.7 Å². The van der Waals surface area contributed by atoms with Gasteiger partial charge >= 0.3 is 5.97 Å². The molecule has 0 bridgehead atoms. The predicted molar refractivity (Wildman–Crippen MR) is 109 cm³/mol. The van der Waals surface area contributed by atoms with E-state index < -0.39 is 0 Å². The van der Waals surface area contributed by atoms with Gasteiger partial charge in [0, 0.05) is 34.1 Å². The molecule has 4 nitrogen and oxygen atoms in total. The summed E-state index contributed by atoms with van der Waals surface area (Å²) in [6.07, 6.45) is 2.79. The Morgan fingerprint density at radius 2 is 1.85 bits per heavy atom. The highest BCUT2D eigenvalue weighted by atomic mass is 35.5. The minimum absolute atomic E-state index is 0.308. The average molecular weight is 399 g/mol. The average Bonchev–Trinajstić information content (AvgIpc) is 3.15. The zero-order valence-electron chi connectivity index (χ0n) is 14.9.